The molecule has 5 heteroatoms. The molecular formula is C22H29N5. The molecule has 0 radical (unpaired) electrons. The van der Waals surface area contributed by atoms with Gasteiger partial charge in [0.25, 0.3) is 0 Å². The molecule has 0 bridgehead atoms. The standard InChI is InChI=1S/C22H29N5/c1-4-26(5-2)18-12-10-17(11-13-18)24-22-23-14-20-16(3)15-27(21(20)25-22)19-8-6-7-9-19/h10-15,19H,4-9H2,1-3H3,(H,23,24,25). The van der Waals surface area contributed by atoms with E-state index in [-0.39, 0.29) is 0 Å². The van der Waals surface area contributed by atoms with E-state index in [0.29, 0.717) is 12.0 Å². The largest absolute Gasteiger partial charge is 0.372 e. The van der Waals surface area contributed by atoms with Gasteiger partial charge in [0.05, 0.1) is 0 Å². The fourth-order valence-corrected chi connectivity index (χ4v) is 4.18. The van der Waals surface area contributed by atoms with Gasteiger partial charge in [-0.1, -0.05) is 12.8 Å². The smallest absolute Gasteiger partial charge is 0.229 e. The molecule has 1 N–H and O–H groups in total. The van der Waals surface area contributed by atoms with E-state index >= 15 is 0 Å². The molecule has 1 aliphatic carbocycles. The van der Waals surface area contributed by atoms with E-state index in [2.05, 4.69) is 71.0 Å². The summed E-state index contributed by atoms with van der Waals surface area (Å²) in [6.45, 7) is 8.54. The first-order chi connectivity index (χ1) is 13.2. The topological polar surface area (TPSA) is 46.0 Å². The lowest BCUT2D eigenvalue weighted by Crippen LogP contribution is -2.21. The average molecular weight is 364 g/mol. The van der Waals surface area contributed by atoms with E-state index in [1.54, 1.807) is 0 Å². The van der Waals surface area contributed by atoms with Gasteiger partial charge in [-0.05, 0) is 63.4 Å². The van der Waals surface area contributed by atoms with Crippen LogP contribution in [0, 0.1) is 6.92 Å². The van der Waals surface area contributed by atoms with Crippen LogP contribution in [-0.4, -0.2) is 27.6 Å². The third-order valence-corrected chi connectivity index (χ3v) is 5.74. The van der Waals surface area contributed by atoms with Crippen molar-refractivity contribution >= 4 is 28.4 Å². The minimum atomic E-state index is 0.581. The Labute approximate surface area is 161 Å². The first-order valence-electron chi connectivity index (χ1n) is 10.2. The molecule has 5 nitrogen and oxygen atoms in total. The maximum absolute atomic E-state index is 4.86. The average Bonchev–Trinajstić information content (AvgIpc) is 3.32. The minimum absolute atomic E-state index is 0.581. The van der Waals surface area contributed by atoms with Crippen molar-refractivity contribution in [3.63, 3.8) is 0 Å². The van der Waals surface area contributed by atoms with Gasteiger partial charge in [-0.15, -0.1) is 0 Å². The normalized spacial score (nSPS) is 14.8. The quantitative estimate of drug-likeness (QED) is 0.633. The Bertz CT molecular complexity index is 902. The van der Waals surface area contributed by atoms with Crippen molar-refractivity contribution < 1.29 is 0 Å². The van der Waals surface area contributed by atoms with Gasteiger partial charge in [-0.3, -0.25) is 0 Å². The first kappa shape index (κ1) is 17.8. The molecule has 1 saturated carbocycles. The van der Waals surface area contributed by atoms with Gasteiger partial charge in [0, 0.05) is 48.3 Å². The van der Waals surface area contributed by atoms with E-state index in [1.165, 1.54) is 36.9 Å². The highest BCUT2D eigenvalue weighted by molar-refractivity contribution is 5.81. The van der Waals surface area contributed by atoms with Gasteiger partial charge in [-0.25, -0.2) is 4.98 Å². The van der Waals surface area contributed by atoms with Crippen LogP contribution >= 0.6 is 0 Å². The van der Waals surface area contributed by atoms with E-state index < -0.39 is 0 Å². The van der Waals surface area contributed by atoms with Gasteiger partial charge < -0.3 is 14.8 Å². The molecule has 2 heterocycles. The lowest BCUT2D eigenvalue weighted by atomic mass is 10.2. The first-order valence-corrected chi connectivity index (χ1v) is 10.2. The fourth-order valence-electron chi connectivity index (χ4n) is 4.18. The summed E-state index contributed by atoms with van der Waals surface area (Å²) < 4.78 is 2.37. The van der Waals surface area contributed by atoms with Gasteiger partial charge in [-0.2, -0.15) is 4.98 Å². The van der Waals surface area contributed by atoms with Crippen LogP contribution in [0.15, 0.2) is 36.7 Å². The Kier molecular flexibility index (Phi) is 5.01. The van der Waals surface area contributed by atoms with E-state index in [4.69, 9.17) is 4.98 Å². The highest BCUT2D eigenvalue weighted by atomic mass is 15.2. The second-order valence-corrected chi connectivity index (χ2v) is 7.43. The van der Waals surface area contributed by atoms with Crippen LogP contribution in [0.25, 0.3) is 11.0 Å². The Morgan fingerprint density at radius 1 is 1.11 bits per heavy atom. The number of aromatic nitrogens is 3. The van der Waals surface area contributed by atoms with Crippen LogP contribution in [0.1, 0.15) is 51.1 Å². The van der Waals surface area contributed by atoms with Crippen molar-refractivity contribution in [3.05, 3.63) is 42.2 Å². The predicted octanol–water partition coefficient (Wildman–Crippen LogP) is 5.44. The number of benzene rings is 1. The third-order valence-electron chi connectivity index (χ3n) is 5.74. The van der Waals surface area contributed by atoms with Crippen molar-refractivity contribution in [1.82, 2.24) is 14.5 Å². The van der Waals surface area contributed by atoms with Crippen LogP contribution in [0.3, 0.4) is 0 Å². The maximum Gasteiger partial charge on any atom is 0.229 e. The third kappa shape index (κ3) is 3.51. The summed E-state index contributed by atoms with van der Waals surface area (Å²) in [6.07, 6.45) is 9.34. The minimum Gasteiger partial charge on any atom is -0.372 e. The summed E-state index contributed by atoms with van der Waals surface area (Å²) in [5.41, 5.74) is 4.57. The summed E-state index contributed by atoms with van der Waals surface area (Å²) in [4.78, 5) is 11.7. The second-order valence-electron chi connectivity index (χ2n) is 7.43. The SMILES string of the molecule is CCN(CC)c1ccc(Nc2ncc3c(C)cn(C4CCCC4)c3n2)cc1. The number of nitrogens with zero attached hydrogens (tertiary/aromatic N) is 4. The molecule has 2 aromatic heterocycles. The van der Waals surface area contributed by atoms with Gasteiger partial charge in [0.2, 0.25) is 5.95 Å². The molecule has 0 spiro atoms. The number of hydrogen-bond donors (Lipinski definition) is 1. The number of hydrogen-bond acceptors (Lipinski definition) is 4. The molecule has 0 atom stereocenters. The molecule has 0 amide bonds. The number of nitrogens with one attached hydrogen (secondary N) is 1. The second kappa shape index (κ2) is 7.59. The van der Waals surface area contributed by atoms with Crippen LogP contribution in [0.2, 0.25) is 0 Å². The monoisotopic (exact) mass is 363 g/mol. The lowest BCUT2D eigenvalue weighted by molar-refractivity contribution is 0.532. The summed E-state index contributed by atoms with van der Waals surface area (Å²) in [6, 6.07) is 9.08. The molecule has 1 aromatic carbocycles. The number of aryl methyl sites for hydroxylation is 1. The maximum atomic E-state index is 4.86. The number of rotatable bonds is 6. The molecule has 142 valence electrons. The van der Waals surface area contributed by atoms with Crippen molar-refractivity contribution in [3.8, 4) is 0 Å². The molecule has 27 heavy (non-hydrogen) atoms. The van der Waals surface area contributed by atoms with Crippen LogP contribution in [-0.2, 0) is 0 Å². The molecule has 1 aliphatic rings. The van der Waals surface area contributed by atoms with Crippen LogP contribution in [0.4, 0.5) is 17.3 Å². The highest BCUT2D eigenvalue weighted by Gasteiger charge is 2.20. The predicted molar refractivity (Wildman–Crippen MR) is 113 cm³/mol. The van der Waals surface area contributed by atoms with Crippen molar-refractivity contribution in [2.45, 2.75) is 52.5 Å². The lowest BCUT2D eigenvalue weighted by Gasteiger charge is -2.21. The summed E-state index contributed by atoms with van der Waals surface area (Å²) >= 11 is 0. The highest BCUT2D eigenvalue weighted by Crippen LogP contribution is 2.33. The van der Waals surface area contributed by atoms with Crippen molar-refractivity contribution in [2.24, 2.45) is 0 Å². The Balaban J connectivity index is 1.59. The molecule has 0 unspecified atom stereocenters. The van der Waals surface area contributed by atoms with Crippen molar-refractivity contribution in [1.29, 1.82) is 0 Å². The Morgan fingerprint density at radius 2 is 1.81 bits per heavy atom. The van der Waals surface area contributed by atoms with Crippen LogP contribution in [0.5, 0.6) is 0 Å². The molecular weight excluding hydrogens is 334 g/mol. The Hall–Kier alpha value is -2.56. The van der Waals surface area contributed by atoms with Gasteiger partial charge in [0.1, 0.15) is 5.65 Å². The Morgan fingerprint density at radius 3 is 2.48 bits per heavy atom. The summed E-state index contributed by atoms with van der Waals surface area (Å²) in [5, 5.41) is 4.53. The van der Waals surface area contributed by atoms with E-state index in [9.17, 15) is 0 Å². The van der Waals surface area contributed by atoms with Gasteiger partial charge in [0.15, 0.2) is 0 Å². The number of anilines is 3. The number of fused-ring (bicyclic) bond motifs is 1. The molecule has 1 fully saturated rings. The molecule has 0 saturated heterocycles. The summed E-state index contributed by atoms with van der Waals surface area (Å²) in [7, 11) is 0. The fraction of sp³-hybridized carbons (Fsp3) is 0.455. The molecule has 4 rings (SSSR count). The van der Waals surface area contributed by atoms with Crippen LogP contribution < -0.4 is 10.2 Å². The van der Waals surface area contributed by atoms with E-state index in [1.807, 2.05) is 6.20 Å². The zero-order valence-corrected chi connectivity index (χ0v) is 16.6. The van der Waals surface area contributed by atoms with E-state index in [0.717, 1.165) is 29.8 Å². The molecule has 3 aromatic rings. The molecule has 0 aliphatic heterocycles. The zero-order valence-electron chi connectivity index (χ0n) is 16.6. The van der Waals surface area contributed by atoms with Crippen molar-refractivity contribution in [2.75, 3.05) is 23.3 Å². The summed E-state index contributed by atoms with van der Waals surface area (Å²) in [5.74, 6) is 0.662. The van der Waals surface area contributed by atoms with Gasteiger partial charge >= 0.3 is 0 Å². The zero-order chi connectivity index (χ0) is 18.8.